The Labute approximate surface area is 227 Å². The number of aromatic nitrogens is 1. The summed E-state index contributed by atoms with van der Waals surface area (Å²) in [5, 5.41) is 1.24. The molecule has 2 saturated heterocycles. The molecule has 0 unspecified atom stereocenters. The highest BCUT2D eigenvalue weighted by Crippen LogP contribution is 2.32. The van der Waals surface area contributed by atoms with Crippen LogP contribution in [0.1, 0.15) is 87.7 Å². The molecule has 0 spiro atoms. The largest absolute Gasteiger partial charge is 0.490 e. The molecule has 3 aliphatic rings. The van der Waals surface area contributed by atoms with Gasteiger partial charge in [-0.1, -0.05) is 39.3 Å². The van der Waals surface area contributed by atoms with Crippen molar-refractivity contribution in [3.8, 4) is 5.75 Å². The summed E-state index contributed by atoms with van der Waals surface area (Å²) in [4.78, 5) is 17.8. The molecule has 2 aliphatic heterocycles. The maximum atomic E-state index is 13.1. The molecule has 6 rings (SSSR count). The van der Waals surface area contributed by atoms with Crippen LogP contribution < -0.4 is 4.74 Å². The number of ether oxygens (including phenoxy) is 1. The fraction of sp³-hybridized carbons (Fsp3) is 0.545. The van der Waals surface area contributed by atoms with Crippen LogP contribution in [0.3, 0.4) is 0 Å². The van der Waals surface area contributed by atoms with Crippen LogP contribution in [-0.2, 0) is 5.41 Å². The Kier molecular flexibility index (Phi) is 6.98. The van der Waals surface area contributed by atoms with Gasteiger partial charge < -0.3 is 19.1 Å². The molecule has 3 fully saturated rings. The van der Waals surface area contributed by atoms with E-state index in [2.05, 4.69) is 72.8 Å². The van der Waals surface area contributed by atoms with Crippen molar-refractivity contribution >= 4 is 16.8 Å². The topological polar surface area (TPSA) is 37.7 Å². The molecule has 202 valence electrons. The standard InChI is InChI=1S/C33H43N3O2/c1-33(2,3)26-9-7-24(8-10-26)32(37)35-18-14-28(15-19-35)36-22-13-25-23-30(11-12-31(25)36)38-29-16-20-34(21-17-29)27-5-4-6-27/h7-13,22-23,27-29H,4-6,14-21H2,1-3H3. The summed E-state index contributed by atoms with van der Waals surface area (Å²) < 4.78 is 8.84. The molecule has 0 N–H and O–H groups in total. The first-order chi connectivity index (χ1) is 18.3. The quantitative estimate of drug-likeness (QED) is 0.376. The maximum absolute atomic E-state index is 13.1. The summed E-state index contributed by atoms with van der Waals surface area (Å²) in [6, 6.07) is 18.3. The highest BCUT2D eigenvalue weighted by molar-refractivity contribution is 5.94. The predicted molar refractivity (Wildman–Crippen MR) is 154 cm³/mol. The van der Waals surface area contributed by atoms with Crippen molar-refractivity contribution in [1.29, 1.82) is 0 Å². The minimum atomic E-state index is 0.0965. The molecule has 1 amide bonds. The Morgan fingerprint density at radius 2 is 1.53 bits per heavy atom. The number of carbonyl (C=O) groups is 1. The Morgan fingerprint density at radius 3 is 2.16 bits per heavy atom. The number of piperidine rings is 2. The fourth-order valence-electron chi connectivity index (χ4n) is 6.48. The molecule has 0 bridgehead atoms. The summed E-state index contributed by atoms with van der Waals surface area (Å²) >= 11 is 0. The second-order valence-corrected chi connectivity index (χ2v) is 12.7. The predicted octanol–water partition coefficient (Wildman–Crippen LogP) is 6.81. The van der Waals surface area contributed by atoms with Crippen molar-refractivity contribution in [2.45, 2.75) is 89.3 Å². The number of likely N-dealkylation sites (tertiary alicyclic amines) is 2. The summed E-state index contributed by atoms with van der Waals surface area (Å²) in [7, 11) is 0. The number of nitrogens with zero attached hydrogens (tertiary/aromatic N) is 3. The van der Waals surface area contributed by atoms with E-state index in [-0.39, 0.29) is 11.3 Å². The Hall–Kier alpha value is -2.79. The van der Waals surface area contributed by atoms with Crippen molar-refractivity contribution < 1.29 is 9.53 Å². The van der Waals surface area contributed by atoms with E-state index in [1.165, 1.54) is 48.8 Å². The van der Waals surface area contributed by atoms with Gasteiger partial charge in [0.2, 0.25) is 0 Å². The molecule has 3 aromatic rings. The normalized spacial score (nSPS) is 20.6. The van der Waals surface area contributed by atoms with Crippen LogP contribution >= 0.6 is 0 Å². The molecule has 1 saturated carbocycles. The minimum absolute atomic E-state index is 0.0965. The van der Waals surface area contributed by atoms with E-state index in [0.29, 0.717) is 12.1 Å². The average Bonchev–Trinajstić information content (AvgIpc) is 3.31. The molecule has 1 aromatic heterocycles. The monoisotopic (exact) mass is 513 g/mol. The van der Waals surface area contributed by atoms with Crippen LogP contribution in [-0.4, -0.2) is 58.6 Å². The molecular formula is C33H43N3O2. The summed E-state index contributed by atoms with van der Waals surface area (Å²) in [5.74, 6) is 1.15. The first-order valence-corrected chi connectivity index (χ1v) is 14.8. The third-order valence-corrected chi connectivity index (χ3v) is 9.21. The first-order valence-electron chi connectivity index (χ1n) is 14.8. The SMILES string of the molecule is CC(C)(C)c1ccc(C(=O)N2CCC(n3ccc4cc(OC5CCN(C6CCC6)CC5)ccc43)CC2)cc1. The molecule has 0 atom stereocenters. The van der Waals surface area contributed by atoms with Crippen LogP contribution in [0, 0.1) is 0 Å². The zero-order valence-corrected chi connectivity index (χ0v) is 23.4. The van der Waals surface area contributed by atoms with Gasteiger partial charge in [0.25, 0.3) is 5.91 Å². The van der Waals surface area contributed by atoms with E-state index in [1.807, 2.05) is 17.0 Å². The van der Waals surface area contributed by atoms with Gasteiger partial charge in [-0.2, -0.15) is 0 Å². The van der Waals surface area contributed by atoms with Crippen LogP contribution in [0.4, 0.5) is 0 Å². The number of amides is 1. The Bertz CT molecular complexity index is 1250. The van der Waals surface area contributed by atoms with Crippen molar-refractivity contribution in [2.75, 3.05) is 26.2 Å². The number of rotatable bonds is 5. The van der Waals surface area contributed by atoms with Gasteiger partial charge in [0, 0.05) is 60.9 Å². The van der Waals surface area contributed by atoms with Crippen molar-refractivity contribution in [3.63, 3.8) is 0 Å². The molecule has 3 heterocycles. The van der Waals surface area contributed by atoms with Crippen LogP contribution in [0.25, 0.3) is 10.9 Å². The highest BCUT2D eigenvalue weighted by Gasteiger charge is 2.30. The van der Waals surface area contributed by atoms with Crippen molar-refractivity contribution in [2.24, 2.45) is 0 Å². The van der Waals surface area contributed by atoms with E-state index >= 15 is 0 Å². The third kappa shape index (κ3) is 5.22. The average molecular weight is 514 g/mol. The lowest BCUT2D eigenvalue weighted by atomic mass is 9.86. The maximum Gasteiger partial charge on any atom is 0.253 e. The van der Waals surface area contributed by atoms with Crippen LogP contribution in [0.2, 0.25) is 0 Å². The number of carbonyl (C=O) groups excluding carboxylic acids is 1. The zero-order chi connectivity index (χ0) is 26.3. The van der Waals surface area contributed by atoms with Gasteiger partial charge in [-0.05, 0) is 85.9 Å². The molecule has 2 aromatic carbocycles. The zero-order valence-electron chi connectivity index (χ0n) is 23.4. The molecular weight excluding hydrogens is 470 g/mol. The Morgan fingerprint density at radius 1 is 0.816 bits per heavy atom. The van der Waals surface area contributed by atoms with Gasteiger partial charge in [0.15, 0.2) is 0 Å². The number of benzene rings is 2. The van der Waals surface area contributed by atoms with E-state index < -0.39 is 0 Å². The smallest absolute Gasteiger partial charge is 0.253 e. The molecule has 5 heteroatoms. The molecule has 1 aliphatic carbocycles. The third-order valence-electron chi connectivity index (χ3n) is 9.21. The van der Waals surface area contributed by atoms with Crippen molar-refractivity contribution in [3.05, 3.63) is 65.9 Å². The van der Waals surface area contributed by atoms with Crippen molar-refractivity contribution in [1.82, 2.24) is 14.4 Å². The van der Waals surface area contributed by atoms with Gasteiger partial charge in [0.05, 0.1) is 0 Å². The van der Waals surface area contributed by atoms with Crippen LogP contribution in [0.5, 0.6) is 5.75 Å². The number of fused-ring (bicyclic) bond motifs is 1. The second-order valence-electron chi connectivity index (χ2n) is 12.7. The highest BCUT2D eigenvalue weighted by atomic mass is 16.5. The molecule has 5 nitrogen and oxygen atoms in total. The summed E-state index contributed by atoms with van der Waals surface area (Å²) in [6.07, 6.45) is 11.0. The lowest BCUT2D eigenvalue weighted by Crippen LogP contribution is -2.46. The van der Waals surface area contributed by atoms with Gasteiger partial charge >= 0.3 is 0 Å². The number of hydrogen-bond donors (Lipinski definition) is 0. The lowest BCUT2D eigenvalue weighted by Gasteiger charge is -2.41. The van der Waals surface area contributed by atoms with Gasteiger partial charge in [-0.3, -0.25) is 4.79 Å². The second kappa shape index (κ2) is 10.4. The van der Waals surface area contributed by atoms with Gasteiger partial charge in [0.1, 0.15) is 11.9 Å². The summed E-state index contributed by atoms with van der Waals surface area (Å²) in [6.45, 7) is 10.6. The lowest BCUT2D eigenvalue weighted by molar-refractivity contribution is 0.0494. The van der Waals surface area contributed by atoms with E-state index in [0.717, 1.165) is 56.1 Å². The number of hydrogen-bond acceptors (Lipinski definition) is 3. The first kappa shape index (κ1) is 25.5. The van der Waals surface area contributed by atoms with Crippen LogP contribution in [0.15, 0.2) is 54.7 Å². The molecule has 38 heavy (non-hydrogen) atoms. The van der Waals surface area contributed by atoms with E-state index in [4.69, 9.17) is 4.74 Å². The van der Waals surface area contributed by atoms with Gasteiger partial charge in [-0.25, -0.2) is 0 Å². The van der Waals surface area contributed by atoms with Gasteiger partial charge in [-0.15, -0.1) is 0 Å². The fourth-order valence-corrected chi connectivity index (χ4v) is 6.48. The molecule has 0 radical (unpaired) electrons. The van der Waals surface area contributed by atoms with E-state index in [9.17, 15) is 4.79 Å². The summed E-state index contributed by atoms with van der Waals surface area (Å²) in [5.41, 5.74) is 3.41. The minimum Gasteiger partial charge on any atom is -0.490 e. The Balaban J connectivity index is 1.04. The van der Waals surface area contributed by atoms with E-state index in [1.54, 1.807) is 0 Å².